The molecule has 0 radical (unpaired) electrons. The summed E-state index contributed by atoms with van der Waals surface area (Å²) in [6.07, 6.45) is 1.67. The summed E-state index contributed by atoms with van der Waals surface area (Å²) in [6.45, 7) is -1.13. The minimum atomic E-state index is -5.26. The lowest BCUT2D eigenvalue weighted by Crippen LogP contribution is -2.36. The van der Waals surface area contributed by atoms with E-state index in [1.165, 1.54) is 0 Å². The van der Waals surface area contributed by atoms with E-state index < -0.39 is 18.3 Å². The Morgan fingerprint density at radius 1 is 1.17 bits per heavy atom. The molecule has 0 saturated carbocycles. The van der Waals surface area contributed by atoms with Gasteiger partial charge in [0, 0.05) is 0 Å². The van der Waals surface area contributed by atoms with E-state index in [0.717, 1.165) is 25.0 Å². The highest BCUT2D eigenvalue weighted by molar-refractivity contribution is 6.74. The number of rotatable bonds is 6. The first kappa shape index (κ1) is 14.9. The van der Waals surface area contributed by atoms with Gasteiger partial charge in [-0.05, 0) is 24.1 Å². The molecule has 0 aliphatic carbocycles. The van der Waals surface area contributed by atoms with Crippen molar-refractivity contribution in [3.63, 3.8) is 0 Å². The van der Waals surface area contributed by atoms with Gasteiger partial charge in [-0.3, -0.25) is 0 Å². The van der Waals surface area contributed by atoms with Crippen molar-refractivity contribution in [1.82, 2.24) is 0 Å². The van der Waals surface area contributed by atoms with Crippen LogP contribution >= 0.6 is 0 Å². The molecule has 1 rings (SSSR count). The smallest absolute Gasteiger partial charge is 0.496 e. The van der Waals surface area contributed by atoms with E-state index >= 15 is 0 Å². The lowest BCUT2D eigenvalue weighted by molar-refractivity contribution is 0.241. The van der Waals surface area contributed by atoms with Gasteiger partial charge in [0.1, 0.15) is 5.82 Å². The van der Waals surface area contributed by atoms with Crippen molar-refractivity contribution < 1.29 is 22.1 Å². The molecule has 0 aliphatic rings. The molecule has 0 amide bonds. The van der Waals surface area contributed by atoms with Crippen LogP contribution in [-0.4, -0.2) is 13.6 Å². The highest BCUT2D eigenvalue weighted by atomic mass is 19.4. The predicted molar refractivity (Wildman–Crippen MR) is 64.7 cm³/mol. The molecule has 1 aromatic rings. The van der Waals surface area contributed by atoms with Gasteiger partial charge in [0.05, 0.1) is 12.4 Å². The van der Waals surface area contributed by atoms with Crippen LogP contribution in [-0.2, 0) is 0 Å². The second-order valence-electron chi connectivity index (χ2n) is 4.25. The molecule has 6 heteroatoms. The van der Waals surface area contributed by atoms with Gasteiger partial charge in [-0.15, -0.1) is 0 Å². The second kappa shape index (κ2) is 6.11. The van der Waals surface area contributed by atoms with Crippen molar-refractivity contribution >= 4 is 12.4 Å². The number of halogens is 4. The zero-order valence-corrected chi connectivity index (χ0v) is 10.4. The molecule has 0 aromatic heterocycles. The third-order valence-corrected chi connectivity index (χ3v) is 2.95. The van der Waals surface area contributed by atoms with E-state index in [4.69, 9.17) is 4.74 Å². The highest BCUT2D eigenvalue weighted by Crippen LogP contribution is 2.20. The molecule has 1 nitrogen and oxygen atoms in total. The fraction of sp³-hybridized carbons (Fsp3) is 0.500. The van der Waals surface area contributed by atoms with Crippen molar-refractivity contribution in [2.24, 2.45) is 5.92 Å². The largest absolute Gasteiger partial charge is 0.513 e. The molecule has 0 unspecified atom stereocenters. The Balaban J connectivity index is 2.88. The van der Waals surface area contributed by atoms with Gasteiger partial charge in [0.2, 0.25) is 0 Å². The van der Waals surface area contributed by atoms with Crippen LogP contribution in [0.1, 0.15) is 26.7 Å². The van der Waals surface area contributed by atoms with Gasteiger partial charge in [0.25, 0.3) is 0 Å². The molecule has 0 aliphatic heterocycles. The van der Waals surface area contributed by atoms with Crippen LogP contribution in [0.25, 0.3) is 0 Å². The maximum atomic E-state index is 12.9. The average molecular weight is 263 g/mol. The first-order chi connectivity index (χ1) is 8.38. The van der Waals surface area contributed by atoms with Crippen molar-refractivity contribution in [3.8, 4) is 5.75 Å². The standard InChI is InChI=1S/C12H16BF4O/c1-3-9(4-2)8-18-12-6-5-10(14)7-11(12)13(15,16)17/h5-7,9H,3-4,8H2,1-2H3/q-1. The van der Waals surface area contributed by atoms with Gasteiger partial charge in [0.15, 0.2) is 0 Å². The topological polar surface area (TPSA) is 9.23 Å². The number of hydrogen-bond donors (Lipinski definition) is 0. The maximum absolute atomic E-state index is 12.9. The average Bonchev–Trinajstić information content (AvgIpc) is 2.30. The summed E-state index contributed by atoms with van der Waals surface area (Å²) in [5.41, 5.74) is -0.999. The summed E-state index contributed by atoms with van der Waals surface area (Å²) < 4.78 is 56.3. The molecular formula is C12H16BF4O-. The van der Waals surface area contributed by atoms with E-state index in [9.17, 15) is 17.3 Å². The van der Waals surface area contributed by atoms with Gasteiger partial charge >= 0.3 is 6.98 Å². The predicted octanol–water partition coefficient (Wildman–Crippen LogP) is 3.70. The number of ether oxygens (including phenoxy) is 1. The van der Waals surface area contributed by atoms with E-state index in [-0.39, 0.29) is 18.3 Å². The summed E-state index contributed by atoms with van der Waals surface area (Å²) >= 11 is 0. The van der Waals surface area contributed by atoms with Crippen molar-refractivity contribution in [3.05, 3.63) is 24.0 Å². The van der Waals surface area contributed by atoms with E-state index in [1.807, 2.05) is 13.8 Å². The van der Waals surface area contributed by atoms with Crippen LogP contribution in [0.3, 0.4) is 0 Å². The SMILES string of the molecule is CCC(CC)COc1ccc(F)cc1[B-](F)(F)F. The number of benzene rings is 1. The molecule has 0 bridgehead atoms. The van der Waals surface area contributed by atoms with Crippen LogP contribution in [0, 0.1) is 11.7 Å². The first-order valence-corrected chi connectivity index (χ1v) is 6.00. The Bertz CT molecular complexity index is 388. The summed E-state index contributed by atoms with van der Waals surface area (Å²) in [7, 11) is 0. The Morgan fingerprint density at radius 2 is 1.78 bits per heavy atom. The molecule has 0 fully saturated rings. The Labute approximate surface area is 104 Å². The Morgan fingerprint density at radius 3 is 2.28 bits per heavy atom. The van der Waals surface area contributed by atoms with Crippen LogP contribution < -0.4 is 10.2 Å². The number of hydrogen-bond acceptors (Lipinski definition) is 1. The molecule has 102 valence electrons. The Kier molecular flexibility index (Phi) is 5.05. The van der Waals surface area contributed by atoms with E-state index in [0.29, 0.717) is 6.07 Å². The monoisotopic (exact) mass is 263 g/mol. The Hall–Kier alpha value is -1.20. The van der Waals surface area contributed by atoms with Crippen LogP contribution in [0.5, 0.6) is 5.75 Å². The fourth-order valence-corrected chi connectivity index (χ4v) is 1.64. The third-order valence-electron chi connectivity index (χ3n) is 2.95. The van der Waals surface area contributed by atoms with E-state index in [2.05, 4.69) is 0 Å². The molecule has 0 atom stereocenters. The molecule has 1 aromatic carbocycles. The van der Waals surface area contributed by atoms with Gasteiger partial charge < -0.3 is 17.7 Å². The molecule has 0 spiro atoms. The molecule has 18 heavy (non-hydrogen) atoms. The van der Waals surface area contributed by atoms with Crippen molar-refractivity contribution in [2.45, 2.75) is 26.7 Å². The minimum absolute atomic E-state index is 0.212. The first-order valence-electron chi connectivity index (χ1n) is 6.00. The van der Waals surface area contributed by atoms with Gasteiger partial charge in [-0.1, -0.05) is 32.2 Å². The van der Waals surface area contributed by atoms with E-state index in [1.54, 1.807) is 0 Å². The third kappa shape index (κ3) is 3.93. The van der Waals surface area contributed by atoms with Crippen molar-refractivity contribution in [2.75, 3.05) is 6.61 Å². The second-order valence-corrected chi connectivity index (χ2v) is 4.25. The zero-order valence-electron chi connectivity index (χ0n) is 10.4. The summed E-state index contributed by atoms with van der Waals surface area (Å²) in [5, 5.41) is 0. The van der Waals surface area contributed by atoms with Crippen molar-refractivity contribution in [1.29, 1.82) is 0 Å². The zero-order chi connectivity index (χ0) is 13.8. The lowest BCUT2D eigenvalue weighted by atomic mass is 9.79. The highest BCUT2D eigenvalue weighted by Gasteiger charge is 2.30. The fourth-order valence-electron chi connectivity index (χ4n) is 1.64. The minimum Gasteiger partial charge on any atom is -0.496 e. The molecular weight excluding hydrogens is 247 g/mol. The molecule has 0 N–H and O–H groups in total. The quantitative estimate of drug-likeness (QED) is 0.561. The normalized spacial score (nSPS) is 11.9. The van der Waals surface area contributed by atoms with Gasteiger partial charge in [-0.25, -0.2) is 4.39 Å². The maximum Gasteiger partial charge on any atom is 0.513 e. The van der Waals surface area contributed by atoms with Crippen LogP contribution in [0.4, 0.5) is 17.3 Å². The molecule has 0 saturated heterocycles. The lowest BCUT2D eigenvalue weighted by Gasteiger charge is -2.21. The van der Waals surface area contributed by atoms with Crippen LogP contribution in [0.15, 0.2) is 18.2 Å². The van der Waals surface area contributed by atoms with Gasteiger partial charge in [-0.2, -0.15) is 0 Å². The summed E-state index contributed by atoms with van der Waals surface area (Å²) in [4.78, 5) is 0. The summed E-state index contributed by atoms with van der Waals surface area (Å²) in [5.74, 6) is -0.974. The molecule has 0 heterocycles. The van der Waals surface area contributed by atoms with Crippen LogP contribution in [0.2, 0.25) is 0 Å². The summed E-state index contributed by atoms with van der Waals surface area (Å²) in [6, 6.07) is 2.51.